The number of nitrogens with zero attached hydrogens (tertiary/aromatic N) is 2. The topological polar surface area (TPSA) is 82.4 Å². The Kier molecular flexibility index (Phi) is 4.98. The standard InChI is InChI=1S/C19H17N3O4/c1-25-15-7-3-13(4-8-15)20-19(24)18-17(23)11-12-22(21-18)14-5-9-16(26-2)10-6-14/h3-12H,1-2H3,(H,20,24). The third kappa shape index (κ3) is 3.72. The molecule has 3 rings (SSSR count). The van der Waals surface area contributed by atoms with E-state index in [2.05, 4.69) is 10.4 Å². The Bertz CT molecular complexity index is 963. The van der Waals surface area contributed by atoms with Crippen molar-refractivity contribution in [3.63, 3.8) is 0 Å². The number of benzene rings is 2. The SMILES string of the molecule is COc1ccc(NC(=O)c2nn(-c3ccc(OC)cc3)ccc2=O)cc1. The molecule has 26 heavy (non-hydrogen) atoms. The number of nitrogens with one attached hydrogen (secondary N) is 1. The van der Waals surface area contributed by atoms with E-state index in [0.29, 0.717) is 22.9 Å². The average Bonchev–Trinajstić information content (AvgIpc) is 2.69. The van der Waals surface area contributed by atoms with Crippen LogP contribution in [0.2, 0.25) is 0 Å². The fourth-order valence-electron chi connectivity index (χ4n) is 2.31. The van der Waals surface area contributed by atoms with Gasteiger partial charge in [0.2, 0.25) is 5.43 Å². The molecule has 0 radical (unpaired) electrons. The van der Waals surface area contributed by atoms with E-state index in [1.54, 1.807) is 62.8 Å². The number of aromatic nitrogens is 2. The van der Waals surface area contributed by atoms with Gasteiger partial charge in [0, 0.05) is 18.0 Å². The average molecular weight is 351 g/mol. The predicted octanol–water partition coefficient (Wildman–Crippen LogP) is 2.50. The number of hydrogen-bond acceptors (Lipinski definition) is 5. The minimum atomic E-state index is -0.581. The van der Waals surface area contributed by atoms with Gasteiger partial charge in [-0.15, -0.1) is 0 Å². The molecule has 0 saturated carbocycles. The molecule has 0 unspecified atom stereocenters. The summed E-state index contributed by atoms with van der Waals surface area (Å²) in [7, 11) is 3.14. The van der Waals surface area contributed by atoms with E-state index in [1.807, 2.05) is 0 Å². The number of anilines is 1. The van der Waals surface area contributed by atoms with Gasteiger partial charge >= 0.3 is 0 Å². The molecule has 0 spiro atoms. The van der Waals surface area contributed by atoms with E-state index in [-0.39, 0.29) is 5.69 Å². The number of rotatable bonds is 5. The molecule has 0 aliphatic heterocycles. The molecule has 2 aromatic carbocycles. The van der Waals surface area contributed by atoms with E-state index < -0.39 is 11.3 Å². The summed E-state index contributed by atoms with van der Waals surface area (Å²) in [6.45, 7) is 0. The highest BCUT2D eigenvalue weighted by atomic mass is 16.5. The van der Waals surface area contributed by atoms with Crippen LogP contribution in [0.5, 0.6) is 11.5 Å². The van der Waals surface area contributed by atoms with Crippen LogP contribution >= 0.6 is 0 Å². The Morgan fingerprint density at radius 2 is 1.50 bits per heavy atom. The van der Waals surface area contributed by atoms with Crippen LogP contribution < -0.4 is 20.2 Å². The lowest BCUT2D eigenvalue weighted by Gasteiger charge is -2.09. The summed E-state index contributed by atoms with van der Waals surface area (Å²) in [5, 5.41) is 6.81. The van der Waals surface area contributed by atoms with E-state index >= 15 is 0 Å². The third-order valence-electron chi connectivity index (χ3n) is 3.71. The summed E-state index contributed by atoms with van der Waals surface area (Å²) in [6, 6.07) is 15.2. The van der Waals surface area contributed by atoms with Crippen molar-refractivity contribution in [1.29, 1.82) is 0 Å². The normalized spacial score (nSPS) is 10.2. The minimum Gasteiger partial charge on any atom is -0.497 e. The summed E-state index contributed by atoms with van der Waals surface area (Å²) in [5.74, 6) is 0.790. The number of amides is 1. The van der Waals surface area contributed by atoms with Crippen LogP contribution in [-0.2, 0) is 0 Å². The largest absolute Gasteiger partial charge is 0.497 e. The first-order valence-electron chi connectivity index (χ1n) is 7.80. The second kappa shape index (κ2) is 7.52. The van der Waals surface area contributed by atoms with Crippen LogP contribution in [0.15, 0.2) is 65.6 Å². The zero-order valence-corrected chi connectivity index (χ0v) is 14.3. The van der Waals surface area contributed by atoms with Gasteiger partial charge < -0.3 is 14.8 Å². The molecule has 1 N–H and O–H groups in total. The van der Waals surface area contributed by atoms with Gasteiger partial charge in [-0.25, -0.2) is 4.68 Å². The molecule has 0 aliphatic rings. The fourth-order valence-corrected chi connectivity index (χ4v) is 2.31. The zero-order chi connectivity index (χ0) is 18.5. The van der Waals surface area contributed by atoms with Gasteiger partial charge in [-0.2, -0.15) is 5.10 Å². The lowest BCUT2D eigenvalue weighted by atomic mass is 10.2. The van der Waals surface area contributed by atoms with Crippen LogP contribution in [-0.4, -0.2) is 29.9 Å². The number of carbonyl (C=O) groups is 1. The van der Waals surface area contributed by atoms with E-state index in [0.717, 1.165) is 0 Å². The molecule has 3 aromatic rings. The smallest absolute Gasteiger partial charge is 0.280 e. The molecular formula is C19H17N3O4. The van der Waals surface area contributed by atoms with Gasteiger partial charge in [0.05, 0.1) is 19.9 Å². The molecule has 7 nitrogen and oxygen atoms in total. The van der Waals surface area contributed by atoms with Gasteiger partial charge in [-0.3, -0.25) is 9.59 Å². The highest BCUT2D eigenvalue weighted by Gasteiger charge is 2.14. The molecule has 132 valence electrons. The lowest BCUT2D eigenvalue weighted by molar-refractivity contribution is 0.101. The summed E-state index contributed by atoms with van der Waals surface area (Å²) in [6.07, 6.45) is 1.51. The van der Waals surface area contributed by atoms with Crippen molar-refractivity contribution in [2.45, 2.75) is 0 Å². The second-order valence-electron chi connectivity index (χ2n) is 5.35. The van der Waals surface area contributed by atoms with Crippen LogP contribution in [0.3, 0.4) is 0 Å². The molecule has 0 atom stereocenters. The van der Waals surface area contributed by atoms with Crippen LogP contribution in [0.25, 0.3) is 5.69 Å². The van der Waals surface area contributed by atoms with Crippen molar-refractivity contribution in [3.8, 4) is 17.2 Å². The molecule has 0 fully saturated rings. The van der Waals surface area contributed by atoms with Gasteiger partial charge in [-0.1, -0.05) is 0 Å². The maximum Gasteiger partial charge on any atom is 0.280 e. The second-order valence-corrected chi connectivity index (χ2v) is 5.35. The first kappa shape index (κ1) is 17.2. The molecule has 1 aromatic heterocycles. The zero-order valence-electron chi connectivity index (χ0n) is 14.3. The molecular weight excluding hydrogens is 334 g/mol. The molecule has 0 saturated heterocycles. The summed E-state index contributed by atoms with van der Waals surface area (Å²) >= 11 is 0. The molecule has 1 heterocycles. The van der Waals surface area contributed by atoms with Crippen molar-refractivity contribution in [2.75, 3.05) is 19.5 Å². The molecule has 1 amide bonds. The number of ether oxygens (including phenoxy) is 2. The van der Waals surface area contributed by atoms with Gasteiger partial charge in [0.1, 0.15) is 11.5 Å². The Balaban J connectivity index is 1.86. The lowest BCUT2D eigenvalue weighted by Crippen LogP contribution is -2.25. The fraction of sp³-hybridized carbons (Fsp3) is 0.105. The van der Waals surface area contributed by atoms with Crippen LogP contribution in [0.4, 0.5) is 5.69 Å². The first-order chi connectivity index (χ1) is 12.6. The Labute approximate surface area is 149 Å². The molecule has 0 bridgehead atoms. The number of methoxy groups -OCH3 is 2. The van der Waals surface area contributed by atoms with E-state index in [9.17, 15) is 9.59 Å². The van der Waals surface area contributed by atoms with Crippen LogP contribution in [0, 0.1) is 0 Å². The summed E-state index contributed by atoms with van der Waals surface area (Å²) < 4.78 is 11.7. The number of hydrogen-bond donors (Lipinski definition) is 1. The predicted molar refractivity (Wildman–Crippen MR) is 97.3 cm³/mol. The maximum atomic E-state index is 12.4. The first-order valence-corrected chi connectivity index (χ1v) is 7.80. The van der Waals surface area contributed by atoms with Gasteiger partial charge in [0.25, 0.3) is 5.91 Å². The monoisotopic (exact) mass is 351 g/mol. The summed E-state index contributed by atoms with van der Waals surface area (Å²) in [5.41, 5.74) is 0.584. The maximum absolute atomic E-state index is 12.4. The van der Waals surface area contributed by atoms with Crippen LogP contribution in [0.1, 0.15) is 10.5 Å². The quantitative estimate of drug-likeness (QED) is 0.764. The highest BCUT2D eigenvalue weighted by molar-refractivity contribution is 6.02. The van der Waals surface area contributed by atoms with Gasteiger partial charge in [-0.05, 0) is 48.5 Å². The molecule has 7 heteroatoms. The minimum absolute atomic E-state index is 0.195. The molecule has 0 aliphatic carbocycles. The van der Waals surface area contributed by atoms with E-state index in [4.69, 9.17) is 9.47 Å². The third-order valence-corrected chi connectivity index (χ3v) is 3.71. The van der Waals surface area contributed by atoms with Crippen molar-refractivity contribution in [3.05, 3.63) is 76.7 Å². The van der Waals surface area contributed by atoms with Crippen molar-refractivity contribution >= 4 is 11.6 Å². The van der Waals surface area contributed by atoms with Crippen molar-refractivity contribution in [1.82, 2.24) is 9.78 Å². The Morgan fingerprint density at radius 1 is 0.923 bits per heavy atom. The van der Waals surface area contributed by atoms with Crippen molar-refractivity contribution in [2.24, 2.45) is 0 Å². The Hall–Kier alpha value is -3.61. The highest BCUT2D eigenvalue weighted by Crippen LogP contribution is 2.16. The van der Waals surface area contributed by atoms with E-state index in [1.165, 1.54) is 16.9 Å². The summed E-state index contributed by atoms with van der Waals surface area (Å²) in [4.78, 5) is 24.5. The number of carbonyl (C=O) groups excluding carboxylic acids is 1. The van der Waals surface area contributed by atoms with Gasteiger partial charge in [0.15, 0.2) is 5.69 Å². The Morgan fingerprint density at radius 3 is 2.08 bits per heavy atom. The van der Waals surface area contributed by atoms with Crippen molar-refractivity contribution < 1.29 is 14.3 Å².